The minimum absolute atomic E-state index is 0.217. The largest absolute Gasteiger partial charge is 0.496 e. The van der Waals surface area contributed by atoms with Gasteiger partial charge in [-0.1, -0.05) is 6.07 Å². The van der Waals surface area contributed by atoms with Gasteiger partial charge in [-0.15, -0.1) is 0 Å². The van der Waals surface area contributed by atoms with Gasteiger partial charge in [0.25, 0.3) is 5.91 Å². The Morgan fingerprint density at radius 3 is 2.70 bits per heavy atom. The minimum Gasteiger partial charge on any atom is -0.496 e. The monoisotopic (exact) mass is 275 g/mol. The minimum atomic E-state index is -0.972. The Labute approximate surface area is 117 Å². The zero-order chi connectivity index (χ0) is 14.5. The molecular formula is C15H17NO4. The summed E-state index contributed by atoms with van der Waals surface area (Å²) in [7, 11) is 1.56. The van der Waals surface area contributed by atoms with Crippen molar-refractivity contribution in [2.45, 2.75) is 25.3 Å². The molecule has 0 radical (unpaired) electrons. The smallest absolute Gasteiger partial charge is 0.329 e. The normalized spacial score (nSPS) is 27.1. The molecule has 3 fully saturated rings. The Bertz CT molecular complexity index is 590. The molecule has 1 saturated carbocycles. The first-order valence-corrected chi connectivity index (χ1v) is 6.68. The Morgan fingerprint density at radius 1 is 1.40 bits per heavy atom. The number of nitrogens with zero attached hydrogens (tertiary/aromatic N) is 1. The van der Waals surface area contributed by atoms with Gasteiger partial charge in [0.05, 0.1) is 7.11 Å². The number of carbonyl (C=O) groups excluding carboxylic acids is 1. The molecule has 1 aromatic rings. The van der Waals surface area contributed by atoms with Crippen LogP contribution in [0.2, 0.25) is 0 Å². The van der Waals surface area contributed by atoms with Crippen molar-refractivity contribution in [2.75, 3.05) is 13.7 Å². The Balaban J connectivity index is 1.92. The van der Waals surface area contributed by atoms with Crippen LogP contribution in [-0.2, 0) is 4.79 Å². The molecule has 2 saturated heterocycles. The summed E-state index contributed by atoms with van der Waals surface area (Å²) < 4.78 is 5.22. The lowest BCUT2D eigenvalue weighted by Gasteiger charge is -2.37. The molecule has 1 amide bonds. The number of aliphatic carboxylic acids is 1. The van der Waals surface area contributed by atoms with Gasteiger partial charge in [-0.05, 0) is 43.4 Å². The summed E-state index contributed by atoms with van der Waals surface area (Å²) in [5.41, 5.74) is 0.461. The van der Waals surface area contributed by atoms with Crippen molar-refractivity contribution in [3.05, 3.63) is 29.3 Å². The lowest BCUT2D eigenvalue weighted by molar-refractivity contribution is -0.151. The van der Waals surface area contributed by atoms with Gasteiger partial charge >= 0.3 is 5.97 Å². The first-order valence-electron chi connectivity index (χ1n) is 6.68. The molecule has 20 heavy (non-hydrogen) atoms. The van der Waals surface area contributed by atoms with E-state index < -0.39 is 11.5 Å². The molecular weight excluding hydrogens is 258 g/mol. The van der Waals surface area contributed by atoms with E-state index in [1.54, 1.807) is 19.2 Å². The van der Waals surface area contributed by atoms with Crippen LogP contribution in [0, 0.1) is 12.8 Å². The number of carboxylic acids is 1. The van der Waals surface area contributed by atoms with Crippen LogP contribution in [0.3, 0.4) is 0 Å². The average Bonchev–Trinajstić information content (AvgIpc) is 2.94. The van der Waals surface area contributed by atoms with E-state index in [-0.39, 0.29) is 5.91 Å². The summed E-state index contributed by atoms with van der Waals surface area (Å²) in [4.78, 5) is 25.6. The standard InChI is InChI=1S/C15H17NO4/c1-9-3-4-11(5-12(9)20-2)13(17)16-8-10-6-15(16,7-10)14(18)19/h3-5,10H,6-8H2,1-2H3,(H,18,19). The number of hydrogen-bond donors (Lipinski definition) is 1. The van der Waals surface area contributed by atoms with Gasteiger partial charge in [-0.3, -0.25) is 4.79 Å². The van der Waals surface area contributed by atoms with Crippen molar-refractivity contribution in [1.82, 2.24) is 4.90 Å². The van der Waals surface area contributed by atoms with Gasteiger partial charge in [0.2, 0.25) is 0 Å². The van der Waals surface area contributed by atoms with E-state index in [2.05, 4.69) is 0 Å². The molecule has 2 bridgehead atoms. The highest BCUT2D eigenvalue weighted by molar-refractivity contribution is 5.99. The molecule has 1 N–H and O–H groups in total. The fourth-order valence-electron chi connectivity index (χ4n) is 3.35. The number of hydrogen-bond acceptors (Lipinski definition) is 3. The van der Waals surface area contributed by atoms with Crippen LogP contribution in [0.25, 0.3) is 0 Å². The van der Waals surface area contributed by atoms with E-state index in [1.165, 1.54) is 4.90 Å². The first-order chi connectivity index (χ1) is 9.48. The molecule has 3 aliphatic rings. The Hall–Kier alpha value is -2.04. The van der Waals surface area contributed by atoms with Crippen molar-refractivity contribution in [1.29, 1.82) is 0 Å². The summed E-state index contributed by atoms with van der Waals surface area (Å²) in [6.07, 6.45) is 1.16. The van der Waals surface area contributed by atoms with Crippen LogP contribution >= 0.6 is 0 Å². The van der Waals surface area contributed by atoms with E-state index in [0.29, 0.717) is 36.6 Å². The first kappa shape index (κ1) is 13.0. The molecule has 0 spiro atoms. The van der Waals surface area contributed by atoms with Crippen molar-refractivity contribution in [3.63, 3.8) is 0 Å². The van der Waals surface area contributed by atoms with Crippen LogP contribution in [0.5, 0.6) is 5.75 Å². The molecule has 1 aromatic carbocycles. The maximum Gasteiger partial charge on any atom is 0.329 e. The number of fused-ring (bicyclic) bond motifs is 1. The third kappa shape index (κ3) is 1.62. The number of carbonyl (C=O) groups is 2. The molecule has 0 unspecified atom stereocenters. The molecule has 4 rings (SSSR count). The van der Waals surface area contributed by atoms with Crippen molar-refractivity contribution in [2.24, 2.45) is 5.92 Å². The Morgan fingerprint density at radius 2 is 2.10 bits per heavy atom. The van der Waals surface area contributed by atoms with E-state index in [1.807, 2.05) is 13.0 Å². The van der Waals surface area contributed by atoms with Crippen LogP contribution < -0.4 is 4.74 Å². The molecule has 0 aromatic heterocycles. The zero-order valence-corrected chi connectivity index (χ0v) is 11.5. The number of methoxy groups -OCH3 is 1. The van der Waals surface area contributed by atoms with Crippen LogP contribution in [0.4, 0.5) is 0 Å². The molecule has 2 aliphatic heterocycles. The predicted molar refractivity (Wildman–Crippen MR) is 71.9 cm³/mol. The second-order valence-electron chi connectivity index (χ2n) is 5.71. The summed E-state index contributed by atoms with van der Waals surface area (Å²) in [6.45, 7) is 2.44. The predicted octanol–water partition coefficient (Wildman–Crippen LogP) is 1.69. The van der Waals surface area contributed by atoms with Crippen LogP contribution in [-0.4, -0.2) is 41.1 Å². The summed E-state index contributed by atoms with van der Waals surface area (Å²) in [6, 6.07) is 5.23. The van der Waals surface area contributed by atoms with Gasteiger partial charge in [-0.2, -0.15) is 0 Å². The highest BCUT2D eigenvalue weighted by Crippen LogP contribution is 2.51. The van der Waals surface area contributed by atoms with Gasteiger partial charge in [0.1, 0.15) is 11.3 Å². The number of rotatable bonds is 3. The lowest BCUT2D eigenvalue weighted by atomic mass is 9.73. The maximum atomic E-state index is 12.6. The number of benzene rings is 1. The van der Waals surface area contributed by atoms with Gasteiger partial charge in [0.15, 0.2) is 0 Å². The zero-order valence-electron chi connectivity index (χ0n) is 11.5. The molecule has 1 aliphatic carbocycles. The third-order valence-electron chi connectivity index (χ3n) is 4.51. The fourth-order valence-corrected chi connectivity index (χ4v) is 3.35. The maximum absolute atomic E-state index is 12.6. The van der Waals surface area contributed by atoms with Gasteiger partial charge < -0.3 is 14.7 Å². The summed E-state index contributed by atoms with van der Waals surface area (Å²) in [5, 5.41) is 9.40. The number of aryl methyl sites for hydroxylation is 1. The van der Waals surface area contributed by atoms with Crippen molar-refractivity contribution < 1.29 is 19.4 Å². The molecule has 2 heterocycles. The topological polar surface area (TPSA) is 66.8 Å². The molecule has 5 heteroatoms. The highest BCUT2D eigenvalue weighted by atomic mass is 16.5. The average molecular weight is 275 g/mol. The van der Waals surface area contributed by atoms with E-state index in [9.17, 15) is 14.7 Å². The molecule has 0 atom stereocenters. The third-order valence-corrected chi connectivity index (χ3v) is 4.51. The van der Waals surface area contributed by atoms with Crippen molar-refractivity contribution >= 4 is 11.9 Å². The quantitative estimate of drug-likeness (QED) is 0.911. The summed E-state index contributed by atoms with van der Waals surface area (Å²) >= 11 is 0. The second kappa shape index (κ2) is 4.23. The van der Waals surface area contributed by atoms with Crippen molar-refractivity contribution in [3.8, 4) is 5.75 Å². The lowest BCUT2D eigenvalue weighted by Crippen LogP contribution is -2.54. The van der Waals surface area contributed by atoms with Gasteiger partial charge in [0, 0.05) is 12.1 Å². The number of ether oxygens (including phenoxy) is 1. The fraction of sp³-hybridized carbons (Fsp3) is 0.467. The molecule has 5 nitrogen and oxygen atoms in total. The molecule has 106 valence electrons. The second-order valence-corrected chi connectivity index (χ2v) is 5.71. The Kier molecular flexibility index (Phi) is 2.74. The summed E-state index contributed by atoms with van der Waals surface area (Å²) in [5.74, 6) is -0.126. The number of amides is 1. The van der Waals surface area contributed by atoms with Gasteiger partial charge in [-0.25, -0.2) is 4.79 Å². The van der Waals surface area contributed by atoms with E-state index in [4.69, 9.17) is 4.74 Å². The highest BCUT2D eigenvalue weighted by Gasteiger charge is 2.62. The van der Waals surface area contributed by atoms with Crippen LogP contribution in [0.15, 0.2) is 18.2 Å². The van der Waals surface area contributed by atoms with E-state index in [0.717, 1.165) is 5.56 Å². The SMILES string of the molecule is COc1cc(C(=O)N2CC3CC2(C(=O)O)C3)ccc1C. The number of carboxylic acid groups (broad SMARTS) is 1. The van der Waals surface area contributed by atoms with E-state index >= 15 is 0 Å². The van der Waals surface area contributed by atoms with Crippen LogP contribution in [0.1, 0.15) is 28.8 Å².